The molecule has 1 aliphatic rings. The molecule has 0 aliphatic carbocycles. The molecule has 3 rings (SSSR count). The molecule has 0 radical (unpaired) electrons. The fourth-order valence-electron chi connectivity index (χ4n) is 3.39. The molecule has 2 N–H and O–H groups in total. The first-order chi connectivity index (χ1) is 14.3. The molecule has 2 amide bonds. The summed E-state index contributed by atoms with van der Waals surface area (Å²) < 4.78 is 32.4. The second kappa shape index (κ2) is 9.27. The van der Waals surface area contributed by atoms with Crippen LogP contribution in [-0.4, -0.2) is 44.7 Å². The molecule has 1 aliphatic heterocycles. The zero-order valence-corrected chi connectivity index (χ0v) is 17.7. The first-order valence-electron chi connectivity index (χ1n) is 9.62. The van der Waals surface area contributed by atoms with Gasteiger partial charge in [-0.05, 0) is 55.3 Å². The highest BCUT2D eigenvalue weighted by atomic mass is 32.2. The van der Waals surface area contributed by atoms with Crippen LogP contribution in [-0.2, 0) is 19.6 Å². The van der Waals surface area contributed by atoms with E-state index in [9.17, 15) is 18.0 Å². The number of rotatable bonds is 6. The van der Waals surface area contributed by atoms with Crippen molar-refractivity contribution in [3.05, 3.63) is 48.5 Å². The third-order valence-corrected chi connectivity index (χ3v) is 6.78. The fourth-order valence-corrected chi connectivity index (χ4v) is 4.92. The molecule has 0 unspecified atom stereocenters. The van der Waals surface area contributed by atoms with Crippen molar-refractivity contribution in [2.45, 2.75) is 24.7 Å². The number of nitrogens with zero attached hydrogens (tertiary/aromatic N) is 1. The second-order valence-electron chi connectivity index (χ2n) is 7.13. The lowest BCUT2D eigenvalue weighted by Gasteiger charge is -2.31. The van der Waals surface area contributed by atoms with Crippen molar-refractivity contribution in [2.75, 3.05) is 30.8 Å². The van der Waals surface area contributed by atoms with Crippen LogP contribution in [0.3, 0.4) is 0 Å². The van der Waals surface area contributed by atoms with Gasteiger partial charge in [0, 0.05) is 31.4 Å². The molecule has 0 spiro atoms. The van der Waals surface area contributed by atoms with Crippen LogP contribution in [0.1, 0.15) is 19.8 Å². The molecule has 0 aromatic heterocycles. The normalized spacial score (nSPS) is 17.2. The van der Waals surface area contributed by atoms with Gasteiger partial charge >= 0.3 is 0 Å². The van der Waals surface area contributed by atoms with Crippen LogP contribution in [0.4, 0.5) is 11.4 Å². The van der Waals surface area contributed by atoms with Gasteiger partial charge in [-0.15, -0.1) is 0 Å². The zero-order valence-electron chi connectivity index (χ0n) is 16.9. The minimum absolute atomic E-state index is 0.117. The lowest BCUT2D eigenvalue weighted by atomic mass is 9.98. The summed E-state index contributed by atoms with van der Waals surface area (Å²) in [4.78, 5) is 24.1. The SMILES string of the molecule is COc1ccc(S(=O)(=O)N2CCC[C@H](C(=O)Nc3cccc(NC(C)=O)c3)C2)cc1. The number of carbonyl (C=O) groups excluding carboxylic acids is 2. The molecule has 8 nitrogen and oxygen atoms in total. The molecule has 1 saturated heterocycles. The van der Waals surface area contributed by atoms with Gasteiger partial charge in [-0.3, -0.25) is 9.59 Å². The fraction of sp³-hybridized carbons (Fsp3) is 0.333. The maximum Gasteiger partial charge on any atom is 0.243 e. The summed E-state index contributed by atoms with van der Waals surface area (Å²) in [5.74, 6) is -0.336. The molecule has 9 heteroatoms. The molecular formula is C21H25N3O5S. The number of hydrogen-bond donors (Lipinski definition) is 2. The lowest BCUT2D eigenvalue weighted by molar-refractivity contribution is -0.121. The van der Waals surface area contributed by atoms with Gasteiger partial charge < -0.3 is 15.4 Å². The van der Waals surface area contributed by atoms with Gasteiger partial charge in [0.15, 0.2) is 0 Å². The Bertz CT molecular complexity index is 1020. The van der Waals surface area contributed by atoms with Crippen molar-refractivity contribution in [1.29, 1.82) is 0 Å². The molecule has 1 atom stereocenters. The van der Waals surface area contributed by atoms with Gasteiger partial charge in [-0.25, -0.2) is 8.42 Å². The molecule has 0 bridgehead atoms. The van der Waals surface area contributed by atoms with E-state index in [1.165, 1.54) is 30.5 Å². The minimum Gasteiger partial charge on any atom is -0.497 e. The van der Waals surface area contributed by atoms with E-state index in [4.69, 9.17) is 4.74 Å². The predicted molar refractivity (Wildman–Crippen MR) is 114 cm³/mol. The summed E-state index contributed by atoms with van der Waals surface area (Å²) in [7, 11) is -2.18. The first-order valence-corrected chi connectivity index (χ1v) is 11.1. The Kier molecular flexibility index (Phi) is 6.73. The van der Waals surface area contributed by atoms with Gasteiger partial charge in [-0.2, -0.15) is 4.31 Å². The van der Waals surface area contributed by atoms with Crippen molar-refractivity contribution >= 4 is 33.2 Å². The van der Waals surface area contributed by atoms with Crippen LogP contribution in [0.15, 0.2) is 53.4 Å². The maximum atomic E-state index is 13.0. The van der Waals surface area contributed by atoms with E-state index in [1.807, 2.05) is 0 Å². The van der Waals surface area contributed by atoms with Gasteiger partial charge in [0.2, 0.25) is 21.8 Å². The quantitative estimate of drug-likeness (QED) is 0.732. The van der Waals surface area contributed by atoms with Crippen LogP contribution in [0, 0.1) is 5.92 Å². The number of carbonyl (C=O) groups is 2. The Morgan fingerprint density at radius 1 is 1.07 bits per heavy atom. The van der Waals surface area contributed by atoms with E-state index in [2.05, 4.69) is 10.6 Å². The molecule has 30 heavy (non-hydrogen) atoms. The number of nitrogens with one attached hydrogen (secondary N) is 2. The zero-order chi connectivity index (χ0) is 21.7. The van der Waals surface area contributed by atoms with Crippen molar-refractivity contribution < 1.29 is 22.7 Å². The highest BCUT2D eigenvalue weighted by molar-refractivity contribution is 7.89. The van der Waals surface area contributed by atoms with Crippen molar-refractivity contribution in [2.24, 2.45) is 5.92 Å². The lowest BCUT2D eigenvalue weighted by Crippen LogP contribution is -2.43. The Hall–Kier alpha value is -2.91. The summed E-state index contributed by atoms with van der Waals surface area (Å²) in [6.07, 6.45) is 1.20. The van der Waals surface area contributed by atoms with E-state index in [-0.39, 0.29) is 23.3 Å². The summed E-state index contributed by atoms with van der Waals surface area (Å²) in [5, 5.41) is 5.49. The van der Waals surface area contributed by atoms with Crippen LogP contribution in [0.25, 0.3) is 0 Å². The van der Waals surface area contributed by atoms with Crippen molar-refractivity contribution in [1.82, 2.24) is 4.31 Å². The maximum absolute atomic E-state index is 13.0. The van der Waals surface area contributed by atoms with Crippen LogP contribution < -0.4 is 15.4 Å². The Morgan fingerprint density at radius 2 is 1.73 bits per heavy atom. The average Bonchev–Trinajstić information content (AvgIpc) is 2.73. The van der Waals surface area contributed by atoms with Gasteiger partial charge in [0.1, 0.15) is 5.75 Å². The molecule has 1 heterocycles. The minimum atomic E-state index is -3.70. The number of ether oxygens (including phenoxy) is 1. The van der Waals surface area contributed by atoms with Gasteiger partial charge in [0.05, 0.1) is 17.9 Å². The van der Waals surface area contributed by atoms with E-state index in [0.29, 0.717) is 36.5 Å². The third-order valence-electron chi connectivity index (χ3n) is 4.90. The number of sulfonamides is 1. The topological polar surface area (TPSA) is 105 Å². The van der Waals surface area contributed by atoms with Gasteiger partial charge in [-0.1, -0.05) is 6.07 Å². The van der Waals surface area contributed by atoms with E-state index < -0.39 is 15.9 Å². The Morgan fingerprint density at radius 3 is 2.37 bits per heavy atom. The van der Waals surface area contributed by atoms with E-state index >= 15 is 0 Å². The largest absolute Gasteiger partial charge is 0.497 e. The third kappa shape index (κ3) is 5.17. The smallest absolute Gasteiger partial charge is 0.243 e. The highest BCUT2D eigenvalue weighted by Gasteiger charge is 2.33. The predicted octanol–water partition coefficient (Wildman–Crippen LogP) is 2.69. The van der Waals surface area contributed by atoms with Crippen molar-refractivity contribution in [3.63, 3.8) is 0 Å². The Balaban J connectivity index is 1.69. The first kappa shape index (κ1) is 21.8. The summed E-state index contributed by atoms with van der Waals surface area (Å²) in [5.41, 5.74) is 1.12. The van der Waals surface area contributed by atoms with Crippen LogP contribution in [0.2, 0.25) is 0 Å². The second-order valence-corrected chi connectivity index (χ2v) is 9.07. The van der Waals surface area contributed by atoms with Crippen LogP contribution >= 0.6 is 0 Å². The van der Waals surface area contributed by atoms with Gasteiger partial charge in [0.25, 0.3) is 0 Å². The summed E-state index contributed by atoms with van der Waals surface area (Å²) in [6.45, 7) is 1.90. The Labute approximate surface area is 176 Å². The highest BCUT2D eigenvalue weighted by Crippen LogP contribution is 2.26. The van der Waals surface area contributed by atoms with E-state index in [1.54, 1.807) is 36.4 Å². The number of benzene rings is 2. The summed E-state index contributed by atoms with van der Waals surface area (Å²) in [6, 6.07) is 13.0. The van der Waals surface area contributed by atoms with Crippen LogP contribution in [0.5, 0.6) is 5.75 Å². The molecule has 2 aromatic carbocycles. The van der Waals surface area contributed by atoms with Crippen molar-refractivity contribution in [3.8, 4) is 5.75 Å². The number of methoxy groups -OCH3 is 1. The summed E-state index contributed by atoms with van der Waals surface area (Å²) >= 11 is 0. The molecule has 160 valence electrons. The standard InChI is InChI=1S/C21H25N3O5S/c1-15(25)22-17-6-3-7-18(13-17)23-21(26)16-5-4-12-24(14-16)30(27,28)20-10-8-19(29-2)9-11-20/h3,6-11,13,16H,4-5,12,14H2,1-2H3,(H,22,25)(H,23,26)/t16-/m0/s1. The average molecular weight is 432 g/mol. The van der Waals surface area contributed by atoms with E-state index in [0.717, 1.165) is 0 Å². The number of amides is 2. The molecule has 1 fully saturated rings. The number of anilines is 2. The molecule has 2 aromatic rings. The molecular weight excluding hydrogens is 406 g/mol. The molecule has 0 saturated carbocycles. The number of hydrogen-bond acceptors (Lipinski definition) is 5. The number of piperidine rings is 1. The monoisotopic (exact) mass is 431 g/mol.